The van der Waals surface area contributed by atoms with Gasteiger partial charge in [-0.25, -0.2) is 8.78 Å². The third-order valence-corrected chi connectivity index (χ3v) is 3.60. The van der Waals surface area contributed by atoms with E-state index in [1.807, 2.05) is 46.7 Å². The van der Waals surface area contributed by atoms with Gasteiger partial charge in [0.25, 0.3) is 0 Å². The lowest BCUT2D eigenvalue weighted by Gasteiger charge is -2.36. The van der Waals surface area contributed by atoms with E-state index >= 15 is 0 Å². The molecule has 0 spiro atoms. The average molecular weight is 235 g/mol. The Balaban J connectivity index is 4.23. The predicted octanol–water partition coefficient (Wildman–Crippen LogP) is 4.18. The van der Waals surface area contributed by atoms with Gasteiger partial charge in [0.05, 0.1) is 0 Å². The van der Waals surface area contributed by atoms with Gasteiger partial charge in [-0.3, -0.25) is 0 Å². The maximum atomic E-state index is 13.7. The van der Waals surface area contributed by atoms with E-state index in [0.29, 0.717) is 12.3 Å². The summed E-state index contributed by atoms with van der Waals surface area (Å²) in [6.45, 7) is 7.81. The highest BCUT2D eigenvalue weighted by Gasteiger charge is 2.37. The predicted molar refractivity (Wildman–Crippen MR) is 66.0 cm³/mol. The van der Waals surface area contributed by atoms with Crippen LogP contribution in [0.25, 0.3) is 0 Å². The molecule has 0 aromatic rings. The van der Waals surface area contributed by atoms with Gasteiger partial charge in [0, 0.05) is 18.4 Å². The van der Waals surface area contributed by atoms with Gasteiger partial charge in [0.1, 0.15) is 0 Å². The van der Waals surface area contributed by atoms with Gasteiger partial charge in [-0.05, 0) is 40.3 Å². The van der Waals surface area contributed by atoms with Gasteiger partial charge >= 0.3 is 0 Å². The Kier molecular flexibility index (Phi) is 5.88. The van der Waals surface area contributed by atoms with Gasteiger partial charge in [-0.15, -0.1) is 0 Å². The number of rotatable bonds is 7. The van der Waals surface area contributed by atoms with Crippen molar-refractivity contribution >= 4 is 0 Å². The lowest BCUT2D eigenvalue weighted by Crippen LogP contribution is -2.43. The Bertz CT molecular complexity index is 200. The highest BCUT2D eigenvalue weighted by atomic mass is 19.3. The van der Waals surface area contributed by atoms with Gasteiger partial charge in [-0.1, -0.05) is 20.3 Å². The van der Waals surface area contributed by atoms with E-state index in [4.69, 9.17) is 0 Å². The van der Waals surface area contributed by atoms with Gasteiger partial charge in [0.15, 0.2) is 0 Å². The Hall–Kier alpha value is -0.180. The summed E-state index contributed by atoms with van der Waals surface area (Å²) in [6, 6.07) is 0. The summed E-state index contributed by atoms with van der Waals surface area (Å²) >= 11 is 0. The SMILES string of the molecule is CC[C@@H](C)CCC(F)(F)CC(C)(C)N(C)C. The summed E-state index contributed by atoms with van der Waals surface area (Å²) in [6.07, 6.45) is 1.54. The highest BCUT2D eigenvalue weighted by molar-refractivity contribution is 4.84. The second-order valence-electron chi connectivity index (χ2n) is 5.79. The maximum Gasteiger partial charge on any atom is 0.249 e. The fraction of sp³-hybridized carbons (Fsp3) is 1.00. The lowest BCUT2D eigenvalue weighted by molar-refractivity contribution is -0.0568. The zero-order chi connectivity index (χ0) is 13.0. The average Bonchev–Trinajstić information content (AvgIpc) is 2.12. The molecular weight excluding hydrogens is 208 g/mol. The van der Waals surface area contributed by atoms with E-state index in [9.17, 15) is 8.78 Å². The molecule has 1 nitrogen and oxygen atoms in total. The molecule has 0 saturated heterocycles. The van der Waals surface area contributed by atoms with Crippen molar-refractivity contribution in [2.45, 2.75) is 64.8 Å². The van der Waals surface area contributed by atoms with Crippen molar-refractivity contribution < 1.29 is 8.78 Å². The summed E-state index contributed by atoms with van der Waals surface area (Å²) < 4.78 is 27.5. The van der Waals surface area contributed by atoms with E-state index in [1.165, 1.54) is 0 Å². The van der Waals surface area contributed by atoms with Crippen molar-refractivity contribution in [3.63, 3.8) is 0 Å². The van der Waals surface area contributed by atoms with E-state index in [1.54, 1.807) is 0 Å². The molecule has 0 aromatic carbocycles. The van der Waals surface area contributed by atoms with Gasteiger partial charge < -0.3 is 4.90 Å². The van der Waals surface area contributed by atoms with Crippen LogP contribution in [0.3, 0.4) is 0 Å². The highest BCUT2D eigenvalue weighted by Crippen LogP contribution is 2.33. The number of hydrogen-bond acceptors (Lipinski definition) is 1. The molecule has 0 unspecified atom stereocenters. The Morgan fingerprint density at radius 1 is 1.19 bits per heavy atom. The number of nitrogens with zero attached hydrogens (tertiary/aromatic N) is 1. The number of halogens is 2. The van der Waals surface area contributed by atoms with E-state index in [-0.39, 0.29) is 12.8 Å². The molecule has 0 rings (SSSR count). The van der Waals surface area contributed by atoms with Crippen molar-refractivity contribution in [2.75, 3.05) is 14.1 Å². The normalized spacial score (nSPS) is 15.6. The molecule has 0 radical (unpaired) electrons. The van der Waals surface area contributed by atoms with Crippen molar-refractivity contribution in [3.8, 4) is 0 Å². The second kappa shape index (κ2) is 5.95. The minimum Gasteiger partial charge on any atom is -0.304 e. The summed E-state index contributed by atoms with van der Waals surface area (Å²) in [5, 5.41) is 0. The topological polar surface area (TPSA) is 3.24 Å². The van der Waals surface area contributed by atoms with E-state index in [2.05, 4.69) is 0 Å². The van der Waals surface area contributed by atoms with Crippen molar-refractivity contribution in [2.24, 2.45) is 5.92 Å². The van der Waals surface area contributed by atoms with Crippen LogP contribution in [0.5, 0.6) is 0 Å². The van der Waals surface area contributed by atoms with Crippen LogP contribution < -0.4 is 0 Å². The molecule has 0 aromatic heterocycles. The molecule has 98 valence electrons. The van der Waals surface area contributed by atoms with Crippen LogP contribution in [0.15, 0.2) is 0 Å². The summed E-state index contributed by atoms with van der Waals surface area (Å²) in [5.74, 6) is -2.15. The lowest BCUT2D eigenvalue weighted by atomic mass is 9.90. The smallest absolute Gasteiger partial charge is 0.249 e. The van der Waals surface area contributed by atoms with Crippen LogP contribution >= 0.6 is 0 Å². The minimum atomic E-state index is -2.54. The summed E-state index contributed by atoms with van der Waals surface area (Å²) in [4.78, 5) is 1.87. The minimum absolute atomic E-state index is 0.0132. The van der Waals surface area contributed by atoms with Gasteiger partial charge in [0.2, 0.25) is 5.92 Å². The van der Waals surface area contributed by atoms with Crippen LogP contribution in [0, 0.1) is 5.92 Å². The molecule has 0 aliphatic carbocycles. The molecule has 3 heteroatoms. The molecule has 1 atom stereocenters. The van der Waals surface area contributed by atoms with Crippen LogP contribution in [0.2, 0.25) is 0 Å². The largest absolute Gasteiger partial charge is 0.304 e. The van der Waals surface area contributed by atoms with Crippen LogP contribution in [0.1, 0.15) is 53.4 Å². The quantitative estimate of drug-likeness (QED) is 0.640. The Morgan fingerprint density at radius 2 is 1.69 bits per heavy atom. The third kappa shape index (κ3) is 5.78. The standard InChI is InChI=1S/C13H27F2N/c1-7-11(2)8-9-13(14,15)10-12(3,4)16(5)6/h11H,7-10H2,1-6H3/t11-/m1/s1. The fourth-order valence-corrected chi connectivity index (χ4v) is 1.54. The summed E-state index contributed by atoms with van der Waals surface area (Å²) in [5.41, 5.74) is -0.445. The maximum absolute atomic E-state index is 13.7. The van der Waals surface area contributed by atoms with E-state index in [0.717, 1.165) is 6.42 Å². The van der Waals surface area contributed by atoms with Crippen molar-refractivity contribution in [1.82, 2.24) is 4.90 Å². The van der Waals surface area contributed by atoms with Crippen molar-refractivity contribution in [3.05, 3.63) is 0 Å². The molecule has 0 saturated carbocycles. The first-order valence-electron chi connectivity index (χ1n) is 6.16. The second-order valence-corrected chi connectivity index (χ2v) is 5.79. The van der Waals surface area contributed by atoms with Crippen LogP contribution in [-0.2, 0) is 0 Å². The number of alkyl halides is 2. The molecule has 0 heterocycles. The first-order valence-corrected chi connectivity index (χ1v) is 6.16. The Labute approximate surface area is 99.2 Å². The van der Waals surface area contributed by atoms with Crippen molar-refractivity contribution in [1.29, 1.82) is 0 Å². The molecule has 0 N–H and O–H groups in total. The monoisotopic (exact) mass is 235 g/mol. The zero-order valence-corrected chi connectivity index (χ0v) is 11.6. The molecule has 0 fully saturated rings. The van der Waals surface area contributed by atoms with Gasteiger partial charge in [-0.2, -0.15) is 0 Å². The summed E-state index contributed by atoms with van der Waals surface area (Å²) in [7, 11) is 3.70. The molecular formula is C13H27F2N. The first kappa shape index (κ1) is 15.8. The molecule has 0 aliphatic rings. The Morgan fingerprint density at radius 3 is 2.06 bits per heavy atom. The molecule has 0 amide bonds. The molecule has 0 aliphatic heterocycles. The third-order valence-electron chi connectivity index (χ3n) is 3.60. The fourth-order valence-electron chi connectivity index (χ4n) is 1.54. The first-order chi connectivity index (χ1) is 7.10. The molecule has 0 bridgehead atoms. The number of hydrogen-bond donors (Lipinski definition) is 0. The zero-order valence-electron chi connectivity index (χ0n) is 11.6. The molecule has 16 heavy (non-hydrogen) atoms. The van der Waals surface area contributed by atoms with Crippen LogP contribution in [0.4, 0.5) is 8.78 Å². The van der Waals surface area contributed by atoms with E-state index < -0.39 is 11.5 Å². The van der Waals surface area contributed by atoms with Crippen LogP contribution in [-0.4, -0.2) is 30.5 Å².